The Morgan fingerprint density at radius 3 is 2.36 bits per heavy atom. The second-order valence-corrected chi connectivity index (χ2v) is 6.65. The van der Waals surface area contributed by atoms with Crippen molar-refractivity contribution in [2.24, 2.45) is 5.14 Å². The van der Waals surface area contributed by atoms with Gasteiger partial charge in [-0.3, -0.25) is 4.79 Å². The SMILES string of the molecule is NS(=O)(=O)c1ccc(Cl)c(C(=O)Nc2ccc(F)c(Cl)c2)c1. The normalized spacial score (nSPS) is 11.3. The summed E-state index contributed by atoms with van der Waals surface area (Å²) in [5.41, 5.74) is 0.141. The molecule has 1 amide bonds. The van der Waals surface area contributed by atoms with Crippen LogP contribution in [0.15, 0.2) is 41.3 Å². The van der Waals surface area contributed by atoms with E-state index in [2.05, 4.69) is 5.32 Å². The van der Waals surface area contributed by atoms with Crippen molar-refractivity contribution < 1.29 is 17.6 Å². The van der Waals surface area contributed by atoms with E-state index in [9.17, 15) is 17.6 Å². The first kappa shape index (κ1) is 16.7. The van der Waals surface area contributed by atoms with E-state index in [-0.39, 0.29) is 26.2 Å². The molecule has 0 aliphatic heterocycles. The van der Waals surface area contributed by atoms with E-state index in [1.807, 2.05) is 0 Å². The fourth-order valence-corrected chi connectivity index (χ4v) is 2.55. The summed E-state index contributed by atoms with van der Waals surface area (Å²) in [6, 6.07) is 7.08. The third-order valence-electron chi connectivity index (χ3n) is 2.69. The Balaban J connectivity index is 2.35. The van der Waals surface area contributed by atoms with Gasteiger partial charge in [-0.15, -0.1) is 0 Å². The van der Waals surface area contributed by atoms with Crippen molar-refractivity contribution in [1.29, 1.82) is 0 Å². The molecule has 3 N–H and O–H groups in total. The molecule has 0 aliphatic rings. The smallest absolute Gasteiger partial charge is 0.257 e. The lowest BCUT2D eigenvalue weighted by molar-refractivity contribution is 0.102. The van der Waals surface area contributed by atoms with Crippen LogP contribution in [0, 0.1) is 5.82 Å². The van der Waals surface area contributed by atoms with Gasteiger partial charge in [0.1, 0.15) is 5.82 Å². The third kappa shape index (κ3) is 3.75. The van der Waals surface area contributed by atoms with Crippen molar-refractivity contribution in [2.75, 3.05) is 5.32 Å². The van der Waals surface area contributed by atoms with Crippen LogP contribution in [-0.4, -0.2) is 14.3 Å². The molecule has 0 radical (unpaired) electrons. The molecule has 0 heterocycles. The van der Waals surface area contributed by atoms with Gasteiger partial charge in [-0.1, -0.05) is 23.2 Å². The third-order valence-corrected chi connectivity index (χ3v) is 4.22. The monoisotopic (exact) mass is 362 g/mol. The summed E-state index contributed by atoms with van der Waals surface area (Å²) >= 11 is 11.5. The zero-order chi connectivity index (χ0) is 16.5. The Morgan fingerprint density at radius 2 is 1.77 bits per heavy atom. The molecule has 0 saturated heterocycles. The van der Waals surface area contributed by atoms with Crippen LogP contribution in [0.1, 0.15) is 10.4 Å². The summed E-state index contributed by atoms with van der Waals surface area (Å²) in [5.74, 6) is -1.31. The molecule has 0 unspecified atom stereocenters. The van der Waals surface area contributed by atoms with E-state index in [1.165, 1.54) is 24.3 Å². The Morgan fingerprint density at radius 1 is 1.09 bits per heavy atom. The number of primary sulfonamides is 1. The number of hydrogen-bond acceptors (Lipinski definition) is 3. The molecule has 0 saturated carbocycles. The van der Waals surface area contributed by atoms with Crippen LogP contribution in [0.2, 0.25) is 10.0 Å². The zero-order valence-electron chi connectivity index (χ0n) is 10.8. The van der Waals surface area contributed by atoms with Gasteiger partial charge < -0.3 is 5.32 Å². The molecular formula is C13H9Cl2FN2O3S. The van der Waals surface area contributed by atoms with Crippen LogP contribution in [0.3, 0.4) is 0 Å². The minimum absolute atomic E-state index is 0.0399. The van der Waals surface area contributed by atoms with E-state index in [1.54, 1.807) is 0 Å². The first-order valence-electron chi connectivity index (χ1n) is 5.77. The number of carbonyl (C=O) groups is 1. The number of anilines is 1. The molecule has 0 bridgehead atoms. The number of nitrogens with two attached hydrogens (primary N) is 1. The van der Waals surface area contributed by atoms with E-state index in [0.29, 0.717) is 0 Å². The van der Waals surface area contributed by atoms with E-state index >= 15 is 0 Å². The van der Waals surface area contributed by atoms with Crippen LogP contribution < -0.4 is 10.5 Å². The van der Waals surface area contributed by atoms with Crippen molar-refractivity contribution in [2.45, 2.75) is 4.90 Å². The van der Waals surface area contributed by atoms with Crippen molar-refractivity contribution in [1.82, 2.24) is 0 Å². The number of halogens is 3. The van der Waals surface area contributed by atoms with Gasteiger partial charge in [0.2, 0.25) is 10.0 Å². The topological polar surface area (TPSA) is 89.3 Å². The van der Waals surface area contributed by atoms with Crippen LogP contribution >= 0.6 is 23.2 Å². The second kappa shape index (κ2) is 6.21. The molecule has 0 aromatic heterocycles. The lowest BCUT2D eigenvalue weighted by Crippen LogP contribution is -2.16. The molecule has 0 aliphatic carbocycles. The van der Waals surface area contributed by atoms with Gasteiger partial charge in [0.15, 0.2) is 0 Å². The lowest BCUT2D eigenvalue weighted by atomic mass is 10.2. The van der Waals surface area contributed by atoms with Crippen LogP contribution in [0.25, 0.3) is 0 Å². The average Bonchev–Trinajstić information content (AvgIpc) is 2.42. The molecule has 116 valence electrons. The number of rotatable bonds is 3. The standard InChI is InChI=1S/C13H9Cl2FN2O3S/c14-10-3-2-8(22(17,20)21)6-9(10)13(19)18-7-1-4-12(16)11(15)5-7/h1-6H,(H,18,19)(H2,17,20,21). The highest BCUT2D eigenvalue weighted by Gasteiger charge is 2.16. The number of sulfonamides is 1. The van der Waals surface area contributed by atoms with Crippen molar-refractivity contribution in [3.63, 3.8) is 0 Å². The highest BCUT2D eigenvalue weighted by atomic mass is 35.5. The van der Waals surface area contributed by atoms with Gasteiger partial charge in [-0.2, -0.15) is 0 Å². The first-order valence-corrected chi connectivity index (χ1v) is 8.07. The van der Waals surface area contributed by atoms with Crippen molar-refractivity contribution >= 4 is 44.8 Å². The average molecular weight is 363 g/mol. The molecule has 2 aromatic rings. The summed E-state index contributed by atoms with van der Waals surface area (Å²) < 4.78 is 35.7. The van der Waals surface area contributed by atoms with Crippen LogP contribution in [-0.2, 0) is 10.0 Å². The first-order chi connectivity index (χ1) is 10.2. The second-order valence-electron chi connectivity index (χ2n) is 4.27. The van der Waals surface area contributed by atoms with Gasteiger partial charge in [-0.05, 0) is 36.4 Å². The summed E-state index contributed by atoms with van der Waals surface area (Å²) in [7, 11) is -3.97. The Labute approximate surface area is 135 Å². The minimum Gasteiger partial charge on any atom is -0.322 e. The van der Waals surface area contributed by atoms with Gasteiger partial charge in [0, 0.05) is 5.69 Å². The molecule has 2 aromatic carbocycles. The maximum atomic E-state index is 13.1. The number of nitrogens with one attached hydrogen (secondary N) is 1. The predicted octanol–water partition coefficient (Wildman–Crippen LogP) is 3.03. The quantitative estimate of drug-likeness (QED) is 0.879. The summed E-state index contributed by atoms with van der Waals surface area (Å²) in [4.78, 5) is 11.9. The largest absolute Gasteiger partial charge is 0.322 e. The van der Waals surface area contributed by atoms with Crippen LogP contribution in [0.5, 0.6) is 0 Å². The lowest BCUT2D eigenvalue weighted by Gasteiger charge is -2.09. The fourth-order valence-electron chi connectivity index (χ4n) is 1.63. The van der Waals surface area contributed by atoms with E-state index in [4.69, 9.17) is 28.3 Å². The molecule has 0 atom stereocenters. The highest BCUT2D eigenvalue weighted by Crippen LogP contribution is 2.23. The Hall–Kier alpha value is -1.67. The molecular weight excluding hydrogens is 354 g/mol. The van der Waals surface area contributed by atoms with Gasteiger partial charge in [-0.25, -0.2) is 17.9 Å². The number of amides is 1. The molecule has 5 nitrogen and oxygen atoms in total. The maximum Gasteiger partial charge on any atom is 0.257 e. The molecule has 22 heavy (non-hydrogen) atoms. The number of carbonyl (C=O) groups excluding carboxylic acids is 1. The zero-order valence-corrected chi connectivity index (χ0v) is 13.1. The molecule has 0 fully saturated rings. The highest BCUT2D eigenvalue weighted by molar-refractivity contribution is 7.89. The fraction of sp³-hybridized carbons (Fsp3) is 0. The maximum absolute atomic E-state index is 13.1. The summed E-state index contributed by atoms with van der Waals surface area (Å²) in [6.45, 7) is 0. The van der Waals surface area contributed by atoms with Crippen molar-refractivity contribution in [3.8, 4) is 0 Å². The van der Waals surface area contributed by atoms with Gasteiger partial charge in [0.05, 0.1) is 20.5 Å². The summed E-state index contributed by atoms with van der Waals surface area (Å²) in [5, 5.41) is 7.31. The molecule has 0 spiro atoms. The van der Waals surface area contributed by atoms with E-state index < -0.39 is 21.7 Å². The van der Waals surface area contributed by atoms with Gasteiger partial charge >= 0.3 is 0 Å². The minimum atomic E-state index is -3.97. The van der Waals surface area contributed by atoms with Gasteiger partial charge in [0.25, 0.3) is 5.91 Å². The Kier molecular flexibility index (Phi) is 4.72. The molecule has 2 rings (SSSR count). The predicted molar refractivity (Wildman–Crippen MR) is 82.2 cm³/mol. The Bertz CT molecular complexity index is 856. The molecule has 9 heteroatoms. The van der Waals surface area contributed by atoms with Crippen LogP contribution in [0.4, 0.5) is 10.1 Å². The summed E-state index contributed by atoms with van der Waals surface area (Å²) in [6.07, 6.45) is 0. The van der Waals surface area contributed by atoms with Crippen molar-refractivity contribution in [3.05, 3.63) is 57.8 Å². The number of hydrogen-bond donors (Lipinski definition) is 2. The number of benzene rings is 2. The van der Waals surface area contributed by atoms with E-state index in [0.717, 1.165) is 12.1 Å².